The second-order valence-corrected chi connectivity index (χ2v) is 7.78. The van der Waals surface area contributed by atoms with E-state index in [2.05, 4.69) is 30.8 Å². The molecule has 4 heterocycles. The largest absolute Gasteiger partial charge is 0.346 e. The van der Waals surface area contributed by atoms with E-state index in [1.54, 1.807) is 0 Å². The van der Waals surface area contributed by atoms with Crippen molar-refractivity contribution in [3.05, 3.63) is 26.0 Å². The predicted molar refractivity (Wildman–Crippen MR) is 82.5 cm³/mol. The number of halogens is 1. The van der Waals surface area contributed by atoms with Crippen LogP contribution in [0.4, 0.5) is 0 Å². The van der Waals surface area contributed by atoms with Gasteiger partial charge < -0.3 is 14.5 Å². The minimum Gasteiger partial charge on any atom is -0.346 e. The molecule has 4 rings (SSSR count). The Bertz CT molecular complexity index is 738. The maximum atomic E-state index is 12.1. The maximum absolute atomic E-state index is 12.1. The summed E-state index contributed by atoms with van der Waals surface area (Å²) in [7, 11) is 0. The maximum Gasteiger partial charge on any atom is 0.268 e. The van der Waals surface area contributed by atoms with E-state index in [1.165, 1.54) is 11.3 Å². The number of hydrogen-bond acceptors (Lipinski definition) is 6. The number of hydrogen-bond donors (Lipinski definition) is 1. The lowest BCUT2D eigenvalue weighted by molar-refractivity contribution is -0.145. The highest BCUT2D eigenvalue weighted by Gasteiger charge is 2.43. The number of likely N-dealkylation sites (tertiary alicyclic amines) is 1. The number of thiophene rings is 1. The van der Waals surface area contributed by atoms with Gasteiger partial charge in [0.2, 0.25) is 0 Å². The summed E-state index contributed by atoms with van der Waals surface area (Å²) in [5, 5.41) is 0. The monoisotopic (exact) mass is 371 g/mol. The molecule has 112 valence electrons. The molecule has 2 aliphatic rings. The second kappa shape index (κ2) is 5.13. The quantitative estimate of drug-likeness (QED) is 0.869. The van der Waals surface area contributed by atoms with Gasteiger partial charge >= 0.3 is 0 Å². The molecule has 2 saturated heterocycles. The van der Waals surface area contributed by atoms with Gasteiger partial charge in [0.05, 0.1) is 35.6 Å². The Morgan fingerprint density at radius 2 is 2.29 bits per heavy atom. The van der Waals surface area contributed by atoms with Gasteiger partial charge in [-0.15, -0.1) is 11.3 Å². The van der Waals surface area contributed by atoms with Crippen molar-refractivity contribution in [3.63, 3.8) is 0 Å². The van der Waals surface area contributed by atoms with E-state index >= 15 is 0 Å². The van der Waals surface area contributed by atoms with Gasteiger partial charge in [-0.2, -0.15) is 0 Å². The first kappa shape index (κ1) is 13.8. The highest BCUT2D eigenvalue weighted by molar-refractivity contribution is 9.11. The molecule has 0 saturated carbocycles. The standard InChI is InChI=1S/C13H14BrN3O3S/c14-9-5-8-11(21-9)12(18)16-10(15-8)6-17-2-1-13(7-17)19-3-4-20-13/h5H,1-4,6-7H2,(H,15,16,18). The van der Waals surface area contributed by atoms with Crippen molar-refractivity contribution in [1.82, 2.24) is 14.9 Å². The van der Waals surface area contributed by atoms with Gasteiger partial charge in [-0.1, -0.05) is 0 Å². The third-order valence-electron chi connectivity index (χ3n) is 3.86. The summed E-state index contributed by atoms with van der Waals surface area (Å²) in [6.07, 6.45) is 0.865. The van der Waals surface area contributed by atoms with Crippen molar-refractivity contribution in [3.8, 4) is 0 Å². The summed E-state index contributed by atoms with van der Waals surface area (Å²) < 4.78 is 13.0. The fraction of sp³-hybridized carbons (Fsp3) is 0.538. The summed E-state index contributed by atoms with van der Waals surface area (Å²) >= 11 is 4.80. The Labute approximate surface area is 133 Å². The van der Waals surface area contributed by atoms with Crippen LogP contribution < -0.4 is 5.56 Å². The zero-order valence-corrected chi connectivity index (χ0v) is 13.6. The van der Waals surface area contributed by atoms with E-state index in [0.29, 0.717) is 30.3 Å². The second-order valence-electron chi connectivity index (χ2n) is 5.35. The molecule has 2 aliphatic heterocycles. The Morgan fingerprint density at radius 3 is 3.10 bits per heavy atom. The summed E-state index contributed by atoms with van der Waals surface area (Å²) in [5.41, 5.74) is 0.667. The van der Waals surface area contributed by atoms with Gasteiger partial charge in [0, 0.05) is 13.0 Å². The number of ether oxygens (including phenoxy) is 2. The number of rotatable bonds is 2. The first-order valence-electron chi connectivity index (χ1n) is 6.82. The van der Waals surface area contributed by atoms with Gasteiger partial charge in [0.15, 0.2) is 5.79 Å². The van der Waals surface area contributed by atoms with Gasteiger partial charge in [0.1, 0.15) is 10.5 Å². The van der Waals surface area contributed by atoms with Crippen LogP contribution in [0.3, 0.4) is 0 Å². The van der Waals surface area contributed by atoms with Crippen LogP contribution in [0.15, 0.2) is 14.6 Å². The molecule has 1 N–H and O–H groups in total. The molecule has 0 amide bonds. The van der Waals surface area contributed by atoms with Crippen LogP contribution in [-0.2, 0) is 16.0 Å². The third kappa shape index (κ3) is 2.55. The fourth-order valence-electron chi connectivity index (χ4n) is 2.94. The van der Waals surface area contributed by atoms with Gasteiger partial charge in [-0.3, -0.25) is 9.69 Å². The molecule has 2 fully saturated rings. The van der Waals surface area contributed by atoms with E-state index in [9.17, 15) is 4.79 Å². The third-order valence-corrected chi connectivity index (χ3v) is 5.49. The number of H-pyrrole nitrogens is 1. The van der Waals surface area contributed by atoms with Crippen LogP contribution in [0.5, 0.6) is 0 Å². The fourth-order valence-corrected chi connectivity index (χ4v) is 4.36. The van der Waals surface area contributed by atoms with E-state index < -0.39 is 5.79 Å². The zero-order valence-electron chi connectivity index (χ0n) is 11.2. The van der Waals surface area contributed by atoms with Crippen LogP contribution in [0.25, 0.3) is 10.2 Å². The lowest BCUT2D eigenvalue weighted by Gasteiger charge is -2.22. The molecule has 0 bridgehead atoms. The normalized spacial score (nSPS) is 21.8. The molecular weight excluding hydrogens is 358 g/mol. The number of aromatic nitrogens is 2. The van der Waals surface area contributed by atoms with E-state index in [-0.39, 0.29) is 5.56 Å². The Balaban J connectivity index is 1.56. The molecule has 21 heavy (non-hydrogen) atoms. The molecule has 2 aromatic rings. The summed E-state index contributed by atoms with van der Waals surface area (Å²) in [6, 6.07) is 1.88. The number of fused-ring (bicyclic) bond motifs is 1. The predicted octanol–water partition coefficient (Wildman–Crippen LogP) is 1.70. The SMILES string of the molecule is O=c1[nH]c(CN2CCC3(C2)OCCO3)nc2cc(Br)sc12. The Morgan fingerprint density at radius 1 is 1.48 bits per heavy atom. The van der Waals surface area contributed by atoms with Crippen LogP contribution in [0.2, 0.25) is 0 Å². The Hall–Kier alpha value is -0.800. The van der Waals surface area contributed by atoms with Crippen LogP contribution in [0, 0.1) is 0 Å². The highest BCUT2D eigenvalue weighted by atomic mass is 79.9. The summed E-state index contributed by atoms with van der Waals surface area (Å²) in [4.78, 5) is 21.7. The van der Waals surface area contributed by atoms with Crippen molar-refractivity contribution in [2.75, 3.05) is 26.3 Å². The molecule has 0 radical (unpaired) electrons. The molecule has 0 aliphatic carbocycles. The Kier molecular flexibility index (Phi) is 3.38. The average molecular weight is 372 g/mol. The molecule has 6 nitrogen and oxygen atoms in total. The van der Waals surface area contributed by atoms with Gasteiger partial charge in [0.25, 0.3) is 5.56 Å². The molecule has 2 aromatic heterocycles. The molecule has 8 heteroatoms. The molecule has 0 aromatic carbocycles. The van der Waals surface area contributed by atoms with Crippen LogP contribution in [-0.4, -0.2) is 47.0 Å². The molecule has 0 unspecified atom stereocenters. The lowest BCUT2D eigenvalue weighted by Crippen LogP contribution is -2.34. The van der Waals surface area contributed by atoms with E-state index in [0.717, 1.165) is 28.8 Å². The summed E-state index contributed by atoms with van der Waals surface area (Å²) in [6.45, 7) is 3.54. The molecular formula is C13H14BrN3O3S. The highest BCUT2D eigenvalue weighted by Crippen LogP contribution is 2.31. The van der Waals surface area contributed by atoms with Crippen molar-refractivity contribution in [2.24, 2.45) is 0 Å². The van der Waals surface area contributed by atoms with Crippen LogP contribution >= 0.6 is 27.3 Å². The van der Waals surface area contributed by atoms with Crippen molar-refractivity contribution >= 4 is 37.5 Å². The minimum atomic E-state index is -0.435. The van der Waals surface area contributed by atoms with Gasteiger partial charge in [-0.25, -0.2) is 4.98 Å². The van der Waals surface area contributed by atoms with Crippen LogP contribution in [0.1, 0.15) is 12.2 Å². The van der Waals surface area contributed by atoms with Crippen molar-refractivity contribution < 1.29 is 9.47 Å². The van der Waals surface area contributed by atoms with Crippen molar-refractivity contribution in [1.29, 1.82) is 0 Å². The minimum absolute atomic E-state index is 0.0759. The number of nitrogens with zero attached hydrogens (tertiary/aromatic N) is 2. The topological polar surface area (TPSA) is 67.5 Å². The molecule has 0 atom stereocenters. The first-order valence-corrected chi connectivity index (χ1v) is 8.43. The van der Waals surface area contributed by atoms with E-state index in [4.69, 9.17) is 9.47 Å². The van der Waals surface area contributed by atoms with E-state index in [1.807, 2.05) is 6.07 Å². The van der Waals surface area contributed by atoms with Crippen molar-refractivity contribution in [2.45, 2.75) is 18.8 Å². The lowest BCUT2D eigenvalue weighted by atomic mass is 10.2. The first-order chi connectivity index (χ1) is 10.1. The number of aromatic amines is 1. The smallest absolute Gasteiger partial charge is 0.268 e. The number of nitrogens with one attached hydrogen (secondary N) is 1. The average Bonchev–Trinajstić information content (AvgIpc) is 3.12. The molecule has 1 spiro atoms. The van der Waals surface area contributed by atoms with Gasteiger partial charge in [-0.05, 0) is 22.0 Å². The zero-order chi connectivity index (χ0) is 14.4. The summed E-state index contributed by atoms with van der Waals surface area (Å²) in [5.74, 6) is 0.253.